The van der Waals surface area contributed by atoms with Gasteiger partial charge in [-0.05, 0) is 84.0 Å². The lowest BCUT2D eigenvalue weighted by atomic mass is 9.72. The van der Waals surface area contributed by atoms with E-state index in [-0.39, 0.29) is 111 Å². The zero-order valence-electron chi connectivity index (χ0n) is 50.0. The predicted octanol–water partition coefficient (Wildman–Crippen LogP) is 7.21. The molecule has 3 heterocycles. The molecule has 6 aromatic rings. The molecule has 18 heteroatoms. The summed E-state index contributed by atoms with van der Waals surface area (Å²) < 4.78 is 80.3. The highest BCUT2D eigenvalue weighted by molar-refractivity contribution is 6.93. The zero-order valence-corrected chi connectivity index (χ0v) is 53.0. The monoisotopic (exact) mass is 1220 g/mol. The third-order valence-corrected chi connectivity index (χ3v) is 26.8. The molecule has 86 heavy (non-hydrogen) atoms. The van der Waals surface area contributed by atoms with Gasteiger partial charge in [0.15, 0.2) is 0 Å². The van der Waals surface area contributed by atoms with Crippen molar-refractivity contribution >= 4 is 74.7 Å². The number of hydrogen-bond donors (Lipinski definition) is 0. The SMILES string of the molecule is C=C1CC(C)(CC2CC(C)(CC3CC(C)(CC)C(=O)OCCO[Si](c4ccccc4)(c4ccccc4)OCCO3)C(=O)OCCO[Si](c3ccccc3)(c3ccccc3)OCCO2)C(=O)OCCO[Si](c2ccccc2)(c2ccccc2)OCCO1. The third-order valence-electron chi connectivity index (χ3n) is 16.5. The van der Waals surface area contributed by atoms with Crippen LogP contribution < -0.4 is 31.1 Å². The Labute approximate surface area is 509 Å². The average Bonchev–Trinajstić information content (AvgIpc) is 1.67. The van der Waals surface area contributed by atoms with Gasteiger partial charge in [0.05, 0.1) is 87.1 Å². The van der Waals surface area contributed by atoms with E-state index >= 15 is 9.59 Å². The molecule has 5 unspecified atom stereocenters. The Morgan fingerprint density at radius 3 is 0.930 bits per heavy atom. The summed E-state index contributed by atoms with van der Waals surface area (Å²) in [6.07, 6.45) is -0.686. The summed E-state index contributed by atoms with van der Waals surface area (Å²) in [4.78, 5) is 44.9. The quantitative estimate of drug-likeness (QED) is 0.0727. The molecule has 0 N–H and O–H groups in total. The standard InChI is InChI=1S/C68H82O15Si3/c1-6-66(3)50-55(73-38-44-79-85(59-29-17-9-18-30-59,60-31-19-10-20-32-60)81-46-40-75-63(66)69)52-68(5)53-56(74-39-45-80-86(61-33-21-11-22-34-61,62-35-23-12-24-36-62)83-48-42-77-65(68)71)51-67(4)49-54(2)72-37-43-78-84(57-25-13-7-14-26-57,58-27-15-8-16-28-58)82-47-41-76-64(67)70/h7-36,55-56H,2,6,37-53H2,1,3-5H3. The number of hydrogen-bond acceptors (Lipinski definition) is 15. The van der Waals surface area contributed by atoms with E-state index < -0.39 is 72.0 Å². The molecule has 3 fully saturated rings. The minimum atomic E-state index is -3.49. The van der Waals surface area contributed by atoms with E-state index in [9.17, 15) is 4.79 Å². The fraction of sp³-hybridized carbons (Fsp3) is 0.397. The summed E-state index contributed by atoms with van der Waals surface area (Å²) in [5.74, 6) is -1.12. The lowest BCUT2D eigenvalue weighted by molar-refractivity contribution is -0.165. The molecule has 9 rings (SSSR count). The van der Waals surface area contributed by atoms with Crippen LogP contribution in [0.5, 0.6) is 0 Å². The Bertz CT molecular complexity index is 2980. The van der Waals surface area contributed by atoms with Crippen molar-refractivity contribution in [1.82, 2.24) is 0 Å². The van der Waals surface area contributed by atoms with Gasteiger partial charge in [0.1, 0.15) is 26.4 Å². The fourth-order valence-corrected chi connectivity index (χ4v) is 21.2. The van der Waals surface area contributed by atoms with Crippen molar-refractivity contribution in [3.8, 4) is 0 Å². The smallest absolute Gasteiger partial charge is 0.407 e. The summed E-state index contributed by atoms with van der Waals surface area (Å²) in [6.45, 7) is 12.5. The Balaban J connectivity index is 1.05. The molecule has 0 bridgehead atoms. The van der Waals surface area contributed by atoms with Crippen molar-refractivity contribution in [3.05, 3.63) is 194 Å². The highest BCUT2D eigenvalue weighted by atomic mass is 28.4. The van der Waals surface area contributed by atoms with Crippen molar-refractivity contribution in [2.75, 3.05) is 79.3 Å². The van der Waals surface area contributed by atoms with Gasteiger partial charge < -0.3 is 55.0 Å². The maximum Gasteiger partial charge on any atom is 0.407 e. The van der Waals surface area contributed by atoms with Crippen LogP contribution in [0.3, 0.4) is 0 Å². The first-order valence-electron chi connectivity index (χ1n) is 30.0. The normalized spacial score (nSPS) is 26.1. The maximum absolute atomic E-state index is 15.4. The van der Waals surface area contributed by atoms with E-state index in [0.717, 1.165) is 31.1 Å². The predicted molar refractivity (Wildman–Crippen MR) is 335 cm³/mol. The Morgan fingerprint density at radius 1 is 0.360 bits per heavy atom. The van der Waals surface area contributed by atoms with Crippen molar-refractivity contribution in [2.45, 2.75) is 78.4 Å². The summed E-state index contributed by atoms with van der Waals surface area (Å²) in [5, 5.41) is 5.29. The van der Waals surface area contributed by atoms with E-state index in [1.54, 1.807) is 0 Å². The van der Waals surface area contributed by atoms with Gasteiger partial charge in [0.25, 0.3) is 0 Å². The molecule has 0 saturated carbocycles. The van der Waals surface area contributed by atoms with E-state index in [2.05, 4.69) is 6.58 Å². The van der Waals surface area contributed by atoms with Crippen LogP contribution in [0.1, 0.15) is 66.2 Å². The van der Waals surface area contributed by atoms with Gasteiger partial charge in [-0.3, -0.25) is 14.4 Å². The molecule has 5 atom stereocenters. The fourth-order valence-electron chi connectivity index (χ4n) is 12.0. The molecule has 3 aliphatic heterocycles. The molecule has 456 valence electrons. The first-order valence-corrected chi connectivity index (χ1v) is 35.4. The summed E-state index contributed by atoms with van der Waals surface area (Å²) in [6, 6.07) is 59.1. The molecule has 0 radical (unpaired) electrons. The average molecular weight is 1220 g/mol. The highest BCUT2D eigenvalue weighted by Gasteiger charge is 2.50. The topological polar surface area (TPSA) is 162 Å². The summed E-state index contributed by atoms with van der Waals surface area (Å²) >= 11 is 0. The minimum Gasteiger partial charge on any atom is -0.496 e. The molecular formula is C68H82O15Si3. The molecule has 0 spiro atoms. The van der Waals surface area contributed by atoms with Gasteiger partial charge >= 0.3 is 43.6 Å². The summed E-state index contributed by atoms with van der Waals surface area (Å²) in [7, 11) is -10.3. The van der Waals surface area contributed by atoms with Crippen LogP contribution in [0.2, 0.25) is 0 Å². The van der Waals surface area contributed by atoms with Gasteiger partial charge in [-0.25, -0.2) is 0 Å². The largest absolute Gasteiger partial charge is 0.496 e. The van der Waals surface area contributed by atoms with Crippen molar-refractivity contribution in [2.24, 2.45) is 16.2 Å². The van der Waals surface area contributed by atoms with Crippen LogP contribution in [0.25, 0.3) is 0 Å². The number of carbonyl (C=O) groups excluding carboxylic acids is 3. The van der Waals surface area contributed by atoms with Crippen LogP contribution in [0, 0.1) is 16.2 Å². The van der Waals surface area contributed by atoms with Gasteiger partial charge in [-0.1, -0.05) is 195 Å². The molecule has 15 nitrogen and oxygen atoms in total. The molecular weight excluding hydrogens is 1140 g/mol. The molecule has 0 aliphatic carbocycles. The zero-order chi connectivity index (χ0) is 60.4. The second-order valence-electron chi connectivity index (χ2n) is 22.9. The summed E-state index contributed by atoms with van der Waals surface area (Å²) in [5.41, 5.74) is -3.73. The van der Waals surface area contributed by atoms with E-state index in [1.807, 2.05) is 210 Å². The van der Waals surface area contributed by atoms with Crippen molar-refractivity contribution in [1.29, 1.82) is 0 Å². The molecule has 3 aliphatic rings. The van der Waals surface area contributed by atoms with Gasteiger partial charge in [-0.15, -0.1) is 0 Å². The second kappa shape index (κ2) is 30.0. The lowest BCUT2D eigenvalue weighted by Crippen LogP contribution is -2.64. The van der Waals surface area contributed by atoms with Crippen LogP contribution in [-0.4, -0.2) is 135 Å². The van der Waals surface area contributed by atoms with Gasteiger partial charge in [0, 0.05) is 6.42 Å². The minimum absolute atomic E-state index is 0.00535. The van der Waals surface area contributed by atoms with E-state index in [4.69, 9.17) is 55.0 Å². The van der Waals surface area contributed by atoms with Gasteiger partial charge in [0.2, 0.25) is 0 Å². The Morgan fingerprint density at radius 2 is 0.616 bits per heavy atom. The van der Waals surface area contributed by atoms with E-state index in [1.165, 1.54) is 0 Å². The van der Waals surface area contributed by atoms with Crippen LogP contribution in [0.4, 0.5) is 0 Å². The number of ether oxygens (including phenoxy) is 6. The molecule has 0 amide bonds. The third kappa shape index (κ3) is 15.5. The van der Waals surface area contributed by atoms with Gasteiger partial charge in [-0.2, -0.15) is 0 Å². The highest BCUT2D eigenvalue weighted by Crippen LogP contribution is 2.42. The Kier molecular flexibility index (Phi) is 22.4. The number of benzene rings is 6. The van der Waals surface area contributed by atoms with Crippen LogP contribution in [0.15, 0.2) is 194 Å². The van der Waals surface area contributed by atoms with Crippen molar-refractivity contribution in [3.63, 3.8) is 0 Å². The Hall–Kier alpha value is -6.40. The lowest BCUT2D eigenvalue weighted by Gasteiger charge is -2.38. The first-order chi connectivity index (χ1) is 41.7. The second-order valence-corrected chi connectivity index (χ2v) is 31.8. The number of carbonyl (C=O) groups is 3. The number of cyclic esters (lactones) is 3. The van der Waals surface area contributed by atoms with Crippen LogP contribution in [-0.2, 0) is 69.4 Å². The first kappa shape index (κ1) is 64.1. The number of rotatable bonds is 11. The maximum atomic E-state index is 15.4. The molecule has 6 aromatic carbocycles. The van der Waals surface area contributed by atoms with Crippen molar-refractivity contribution < 1.29 is 69.4 Å². The van der Waals surface area contributed by atoms with Crippen LogP contribution >= 0.6 is 0 Å². The molecule has 0 aromatic heterocycles. The molecule has 3 saturated heterocycles. The van der Waals surface area contributed by atoms with E-state index in [0.29, 0.717) is 12.2 Å². The number of allylic oxidation sites excluding steroid dienone is 1. The number of esters is 3.